The molecule has 3 aliphatic heterocycles. The summed E-state index contributed by atoms with van der Waals surface area (Å²) in [5.41, 5.74) is 0.225. The number of fused-ring (bicyclic) bond motifs is 4. The van der Waals surface area contributed by atoms with Gasteiger partial charge in [0, 0.05) is 56.9 Å². The van der Waals surface area contributed by atoms with Crippen molar-refractivity contribution in [3.05, 3.63) is 63.2 Å². The highest BCUT2D eigenvalue weighted by atomic mass is 16.2. The van der Waals surface area contributed by atoms with E-state index in [0.29, 0.717) is 5.92 Å². The van der Waals surface area contributed by atoms with Gasteiger partial charge < -0.3 is 4.90 Å². The molecule has 5 heterocycles. The number of aromatic nitrogens is 3. The van der Waals surface area contributed by atoms with Gasteiger partial charge in [0.1, 0.15) is 6.54 Å². The molecule has 2 aromatic rings. The number of hydrogen-bond acceptors (Lipinski definition) is 5. The molecule has 5 rings (SSSR count). The molecule has 0 spiro atoms. The molecular weight excluding hydrogens is 346 g/mol. The largest absolute Gasteiger partial charge is 0.337 e. The lowest BCUT2D eigenvalue weighted by Crippen LogP contribution is -2.49. The Labute approximate surface area is 156 Å². The van der Waals surface area contributed by atoms with E-state index >= 15 is 0 Å². The van der Waals surface area contributed by atoms with E-state index < -0.39 is 11.2 Å². The van der Waals surface area contributed by atoms with Gasteiger partial charge in [-0.15, -0.1) is 0 Å². The van der Waals surface area contributed by atoms with Crippen LogP contribution in [0.1, 0.15) is 18.4 Å². The van der Waals surface area contributed by atoms with Gasteiger partial charge >= 0.3 is 5.69 Å². The Bertz CT molecular complexity index is 923. The van der Waals surface area contributed by atoms with Crippen molar-refractivity contribution in [2.75, 3.05) is 19.6 Å². The second-order valence-electron chi connectivity index (χ2n) is 7.43. The summed E-state index contributed by atoms with van der Waals surface area (Å²) in [7, 11) is 0. The number of rotatable bonds is 4. The average Bonchev–Trinajstić information content (AvgIpc) is 2.95. The minimum atomic E-state index is -0.546. The molecule has 1 amide bonds. The van der Waals surface area contributed by atoms with Crippen LogP contribution in [0.5, 0.6) is 0 Å². The Morgan fingerprint density at radius 3 is 2.70 bits per heavy atom. The van der Waals surface area contributed by atoms with E-state index in [1.54, 1.807) is 12.4 Å². The molecule has 3 fully saturated rings. The molecule has 0 radical (unpaired) electrons. The molecule has 0 aliphatic carbocycles. The lowest BCUT2D eigenvalue weighted by molar-refractivity contribution is -0.136. The summed E-state index contributed by atoms with van der Waals surface area (Å²) in [6, 6.07) is 5.48. The summed E-state index contributed by atoms with van der Waals surface area (Å²) in [5, 5.41) is 0. The third-order valence-electron chi connectivity index (χ3n) is 5.47. The molecular formula is C19H23N5O3. The van der Waals surface area contributed by atoms with Crippen molar-refractivity contribution in [1.29, 1.82) is 0 Å². The zero-order valence-electron chi connectivity index (χ0n) is 15.1. The maximum atomic E-state index is 12.9. The standard InChI is InChI=1S/C19H23N5O3/c25-17-5-8-23(19(27)21-17)13-18(26)24-11-15-1-2-16(24)12-22(10-15)9-14-3-6-20-7-4-14/h3-8,15-16H,1-2,9-13H2,(H,21,25,27)/t15-,16+/m0/s1. The first kappa shape index (κ1) is 17.7. The topological polar surface area (TPSA) is 91.3 Å². The van der Waals surface area contributed by atoms with Crippen molar-refractivity contribution < 1.29 is 4.79 Å². The van der Waals surface area contributed by atoms with Crippen LogP contribution in [0.25, 0.3) is 0 Å². The summed E-state index contributed by atoms with van der Waals surface area (Å²) in [6.45, 7) is 3.36. The van der Waals surface area contributed by atoms with Gasteiger partial charge in [0.25, 0.3) is 5.56 Å². The molecule has 2 atom stereocenters. The lowest BCUT2D eigenvalue weighted by Gasteiger charge is -2.36. The van der Waals surface area contributed by atoms with E-state index in [9.17, 15) is 14.4 Å². The smallest absolute Gasteiger partial charge is 0.328 e. The van der Waals surface area contributed by atoms with Crippen molar-refractivity contribution in [3.8, 4) is 0 Å². The first-order valence-corrected chi connectivity index (χ1v) is 9.29. The van der Waals surface area contributed by atoms with Gasteiger partial charge in [0.2, 0.25) is 5.91 Å². The van der Waals surface area contributed by atoms with Crippen molar-refractivity contribution in [2.24, 2.45) is 5.92 Å². The van der Waals surface area contributed by atoms with E-state index in [-0.39, 0.29) is 18.5 Å². The number of H-pyrrole nitrogens is 1. The molecule has 8 heteroatoms. The minimum Gasteiger partial charge on any atom is -0.337 e. The highest BCUT2D eigenvalue weighted by molar-refractivity contribution is 5.76. The van der Waals surface area contributed by atoms with Crippen molar-refractivity contribution in [3.63, 3.8) is 0 Å². The Morgan fingerprint density at radius 2 is 1.93 bits per heavy atom. The molecule has 0 unspecified atom stereocenters. The molecule has 3 saturated heterocycles. The van der Waals surface area contributed by atoms with E-state index in [1.807, 2.05) is 17.0 Å². The number of carbonyl (C=O) groups is 1. The van der Waals surface area contributed by atoms with Crippen molar-refractivity contribution >= 4 is 5.91 Å². The second kappa shape index (κ2) is 7.48. The monoisotopic (exact) mass is 369 g/mol. The van der Waals surface area contributed by atoms with Crippen LogP contribution in [0.15, 0.2) is 46.4 Å². The number of carbonyl (C=O) groups excluding carboxylic acids is 1. The van der Waals surface area contributed by atoms with Gasteiger partial charge in [-0.3, -0.25) is 29.0 Å². The Hall–Kier alpha value is -2.74. The molecule has 3 aliphatic rings. The first-order chi connectivity index (χ1) is 13.1. The Kier molecular flexibility index (Phi) is 4.89. The van der Waals surface area contributed by atoms with Crippen LogP contribution >= 0.6 is 0 Å². The number of hydrogen-bond donors (Lipinski definition) is 1. The fourth-order valence-electron chi connectivity index (χ4n) is 4.17. The SMILES string of the molecule is O=C(Cn1ccc(=O)[nH]c1=O)N1C[C@H]2CC[C@@H]1CN(Cc1ccncc1)C2. The summed E-state index contributed by atoms with van der Waals surface area (Å²) >= 11 is 0. The lowest BCUT2D eigenvalue weighted by atomic mass is 9.95. The van der Waals surface area contributed by atoms with Crippen molar-refractivity contribution in [1.82, 2.24) is 24.3 Å². The minimum absolute atomic E-state index is 0.0385. The molecule has 1 N–H and O–H groups in total. The molecule has 0 saturated carbocycles. The third-order valence-corrected chi connectivity index (χ3v) is 5.47. The molecule has 8 nitrogen and oxygen atoms in total. The molecule has 142 valence electrons. The zero-order chi connectivity index (χ0) is 18.8. The van der Waals surface area contributed by atoms with Gasteiger partial charge in [-0.1, -0.05) is 0 Å². The van der Waals surface area contributed by atoms with Crippen LogP contribution in [0.4, 0.5) is 0 Å². The normalized spacial score (nSPS) is 22.6. The summed E-state index contributed by atoms with van der Waals surface area (Å²) in [6.07, 6.45) is 7.10. The molecule has 27 heavy (non-hydrogen) atoms. The summed E-state index contributed by atoms with van der Waals surface area (Å²) in [5.74, 6) is 0.381. The molecule has 2 bridgehead atoms. The quantitative estimate of drug-likeness (QED) is 0.823. The maximum absolute atomic E-state index is 12.9. The van der Waals surface area contributed by atoms with E-state index in [0.717, 1.165) is 39.0 Å². The van der Waals surface area contributed by atoms with Crippen LogP contribution in [0.3, 0.4) is 0 Å². The summed E-state index contributed by atoms with van der Waals surface area (Å²) < 4.78 is 1.26. The maximum Gasteiger partial charge on any atom is 0.328 e. The van der Waals surface area contributed by atoms with Crippen LogP contribution < -0.4 is 11.2 Å². The van der Waals surface area contributed by atoms with Crippen LogP contribution in [0.2, 0.25) is 0 Å². The average molecular weight is 369 g/mol. The number of piperidine rings is 1. The predicted molar refractivity (Wildman–Crippen MR) is 99.1 cm³/mol. The number of aromatic amines is 1. The van der Waals surface area contributed by atoms with E-state index in [1.165, 1.54) is 22.4 Å². The Balaban J connectivity index is 1.46. The fourth-order valence-corrected chi connectivity index (χ4v) is 4.17. The highest BCUT2D eigenvalue weighted by Gasteiger charge is 2.37. The fraction of sp³-hybridized carbons (Fsp3) is 0.474. The Morgan fingerprint density at radius 1 is 1.11 bits per heavy atom. The van der Waals surface area contributed by atoms with Gasteiger partial charge in [0.15, 0.2) is 0 Å². The van der Waals surface area contributed by atoms with Crippen LogP contribution in [-0.4, -0.2) is 55.9 Å². The van der Waals surface area contributed by atoms with E-state index in [2.05, 4.69) is 14.9 Å². The number of amides is 1. The van der Waals surface area contributed by atoms with Gasteiger partial charge in [-0.2, -0.15) is 0 Å². The van der Waals surface area contributed by atoms with E-state index in [4.69, 9.17) is 0 Å². The molecule has 2 aromatic heterocycles. The van der Waals surface area contributed by atoms with Gasteiger partial charge in [-0.25, -0.2) is 4.79 Å². The van der Waals surface area contributed by atoms with Crippen molar-refractivity contribution in [2.45, 2.75) is 32.0 Å². The number of nitrogens with one attached hydrogen (secondary N) is 1. The number of nitrogens with zero attached hydrogens (tertiary/aromatic N) is 4. The van der Waals surface area contributed by atoms with Crippen LogP contribution in [0, 0.1) is 5.92 Å². The van der Waals surface area contributed by atoms with Gasteiger partial charge in [0.05, 0.1) is 0 Å². The number of pyridine rings is 1. The van der Waals surface area contributed by atoms with Crippen LogP contribution in [-0.2, 0) is 17.9 Å². The third kappa shape index (κ3) is 4.00. The van der Waals surface area contributed by atoms with Gasteiger partial charge in [-0.05, 0) is 36.5 Å². The molecule has 0 aromatic carbocycles. The second-order valence-corrected chi connectivity index (χ2v) is 7.43. The first-order valence-electron chi connectivity index (χ1n) is 9.29. The predicted octanol–water partition coefficient (Wildman–Crippen LogP) is 0.0546. The highest BCUT2D eigenvalue weighted by Crippen LogP contribution is 2.29. The zero-order valence-corrected chi connectivity index (χ0v) is 15.1. The summed E-state index contributed by atoms with van der Waals surface area (Å²) in [4.78, 5) is 46.5.